The largest absolute Gasteiger partial charge is 2.00 e. The first-order valence-corrected chi connectivity index (χ1v) is 3.95. The van der Waals surface area contributed by atoms with E-state index in [-0.39, 0.29) is 38.7 Å². The van der Waals surface area contributed by atoms with Crippen LogP contribution in [0.25, 0.3) is 0 Å². The first-order chi connectivity index (χ1) is 6.47. The molecule has 1 atom stereocenters. The average Bonchev–Trinajstić information content (AvgIpc) is 2.13. The molecule has 0 unspecified atom stereocenters. The minimum Gasteiger partial charge on any atom is -1.00 e. The molecule has 84 valence electrons. The number of ether oxygens (including phenoxy) is 1. The minimum atomic E-state index is -1.03. The molecule has 0 bridgehead atoms. The van der Waals surface area contributed by atoms with Gasteiger partial charge in [0.1, 0.15) is 6.04 Å². The van der Waals surface area contributed by atoms with Gasteiger partial charge in [-0.15, -0.1) is 0 Å². The van der Waals surface area contributed by atoms with Crippen molar-refractivity contribution < 1.29 is 22.0 Å². The summed E-state index contributed by atoms with van der Waals surface area (Å²) in [6.45, 7) is -0.395. The molecule has 7 nitrogen and oxygen atoms in total. The van der Waals surface area contributed by atoms with Crippen LogP contribution in [0.3, 0.4) is 0 Å². The summed E-state index contributed by atoms with van der Waals surface area (Å²) in [7, 11) is 0. The molecule has 0 fully saturated rings. The van der Waals surface area contributed by atoms with E-state index in [1.54, 1.807) is 0 Å². The maximum Gasteiger partial charge on any atom is 2.00 e. The Morgan fingerprint density at radius 3 is 2.27 bits per heavy atom. The van der Waals surface area contributed by atoms with Crippen LogP contribution in [-0.4, -0.2) is 53.5 Å². The second kappa shape index (κ2) is 8.59. The van der Waals surface area contributed by atoms with Gasteiger partial charge in [-0.25, -0.2) is 4.79 Å². The second-order valence-corrected chi connectivity index (χ2v) is 2.61. The van der Waals surface area contributed by atoms with Crippen molar-refractivity contribution in [3.8, 4) is 0 Å². The van der Waals surface area contributed by atoms with E-state index < -0.39 is 30.4 Å². The van der Waals surface area contributed by atoms with Gasteiger partial charge in [0.15, 0.2) is 0 Å². The molecule has 8 heteroatoms. The van der Waals surface area contributed by atoms with Gasteiger partial charge in [0.25, 0.3) is 0 Å². The molecular weight excluding hydrogens is 214 g/mol. The molecule has 0 aliphatic rings. The molecule has 0 aromatic rings. The van der Waals surface area contributed by atoms with E-state index in [0.29, 0.717) is 0 Å². The van der Waals surface area contributed by atoms with Crippen molar-refractivity contribution in [3.05, 3.63) is 0 Å². The molecular formula is C7H15MgN3O4. The Kier molecular flexibility index (Phi) is 9.58. The average molecular weight is 230 g/mol. The number of rotatable bonds is 5. The van der Waals surface area contributed by atoms with E-state index in [0.717, 1.165) is 0 Å². The predicted molar refractivity (Wildman–Crippen MR) is 54.5 cm³/mol. The van der Waals surface area contributed by atoms with E-state index in [1.807, 2.05) is 0 Å². The second-order valence-electron chi connectivity index (χ2n) is 2.61. The quantitative estimate of drug-likeness (QED) is 0.269. The van der Waals surface area contributed by atoms with E-state index in [1.165, 1.54) is 0 Å². The zero-order valence-electron chi connectivity index (χ0n) is 10.3. The first-order valence-electron chi connectivity index (χ1n) is 3.95. The van der Waals surface area contributed by atoms with E-state index in [9.17, 15) is 14.4 Å². The SMILES string of the molecule is NCC(=O)OC(=O)[C@@H](N)CCC(N)=O.[H-].[H-].[Mg+2]. The number of esters is 2. The fraction of sp³-hybridized carbons (Fsp3) is 0.571. The Labute approximate surface area is 106 Å². The van der Waals surface area contributed by atoms with Crippen molar-refractivity contribution in [2.75, 3.05) is 6.54 Å². The van der Waals surface area contributed by atoms with Crippen molar-refractivity contribution in [2.24, 2.45) is 17.2 Å². The first kappa shape index (κ1) is 16.7. The monoisotopic (exact) mass is 229 g/mol. The van der Waals surface area contributed by atoms with Crippen LogP contribution in [-0.2, 0) is 19.1 Å². The third-order valence-electron chi connectivity index (χ3n) is 1.39. The van der Waals surface area contributed by atoms with Crippen LogP contribution in [0.1, 0.15) is 15.7 Å². The topological polar surface area (TPSA) is 138 Å². The molecule has 1 amide bonds. The van der Waals surface area contributed by atoms with Gasteiger partial charge >= 0.3 is 35.0 Å². The zero-order chi connectivity index (χ0) is 11.1. The molecule has 15 heavy (non-hydrogen) atoms. The van der Waals surface area contributed by atoms with Gasteiger partial charge < -0.3 is 24.8 Å². The number of amides is 1. The molecule has 0 aliphatic heterocycles. The molecule has 0 saturated heterocycles. The summed E-state index contributed by atoms with van der Waals surface area (Å²) < 4.78 is 4.21. The minimum absolute atomic E-state index is 0. The van der Waals surface area contributed by atoms with Crippen molar-refractivity contribution in [2.45, 2.75) is 18.9 Å². The molecule has 0 aromatic carbocycles. The smallest absolute Gasteiger partial charge is 1.00 e. The van der Waals surface area contributed by atoms with Crippen LogP contribution in [0.15, 0.2) is 0 Å². The number of carbonyl (C=O) groups excluding carboxylic acids is 3. The normalized spacial score (nSPS) is 11.1. The molecule has 0 heterocycles. The molecule has 6 N–H and O–H groups in total. The summed E-state index contributed by atoms with van der Waals surface area (Å²) in [5.41, 5.74) is 15.0. The van der Waals surface area contributed by atoms with Crippen LogP contribution in [0, 0.1) is 0 Å². The molecule has 0 aromatic heterocycles. The molecule has 0 radical (unpaired) electrons. The van der Waals surface area contributed by atoms with Gasteiger partial charge in [-0.1, -0.05) is 0 Å². The van der Waals surface area contributed by atoms with Gasteiger partial charge in [-0.2, -0.15) is 0 Å². The Balaban J connectivity index is -0.000000282. The summed E-state index contributed by atoms with van der Waals surface area (Å²) in [5, 5.41) is 0. The number of nitrogens with two attached hydrogens (primary N) is 3. The summed E-state index contributed by atoms with van der Waals surface area (Å²) in [4.78, 5) is 31.8. The maximum absolute atomic E-state index is 10.9. The van der Waals surface area contributed by atoms with E-state index in [4.69, 9.17) is 17.2 Å². The molecule has 0 spiro atoms. The van der Waals surface area contributed by atoms with E-state index >= 15 is 0 Å². The van der Waals surface area contributed by atoms with Crippen molar-refractivity contribution in [3.63, 3.8) is 0 Å². The Hall–Kier alpha value is -0.704. The molecule has 0 aliphatic carbocycles. The van der Waals surface area contributed by atoms with Gasteiger partial charge in [0, 0.05) is 6.42 Å². The summed E-state index contributed by atoms with van der Waals surface area (Å²) >= 11 is 0. The van der Waals surface area contributed by atoms with Gasteiger partial charge in [-0.05, 0) is 6.42 Å². The Morgan fingerprint density at radius 1 is 1.33 bits per heavy atom. The van der Waals surface area contributed by atoms with Crippen LogP contribution in [0.2, 0.25) is 0 Å². The third kappa shape index (κ3) is 8.30. The standard InChI is InChI=1S/C7H13N3O4.Mg.2H/c8-3-6(12)14-7(13)4(9)1-2-5(10)11;;;/h4H,1-3,8-9H2,(H2,10,11);;;/q;+2;2*-1/t4-;;;/m0.../s1. The molecule has 0 rings (SSSR count). The molecule has 0 saturated carbocycles. The van der Waals surface area contributed by atoms with Crippen LogP contribution in [0.4, 0.5) is 0 Å². The van der Waals surface area contributed by atoms with Crippen molar-refractivity contribution >= 4 is 40.9 Å². The predicted octanol–water partition coefficient (Wildman–Crippen LogP) is -2.55. The zero-order valence-corrected chi connectivity index (χ0v) is 9.69. The Bertz CT molecular complexity index is 255. The third-order valence-corrected chi connectivity index (χ3v) is 1.39. The summed E-state index contributed by atoms with van der Waals surface area (Å²) in [6, 6.07) is -1.03. The maximum atomic E-state index is 10.9. The summed E-state index contributed by atoms with van der Waals surface area (Å²) in [6.07, 6.45) is 0.0130. The number of hydrogen-bond donors (Lipinski definition) is 3. The van der Waals surface area contributed by atoms with Crippen molar-refractivity contribution in [1.82, 2.24) is 0 Å². The number of hydrogen-bond acceptors (Lipinski definition) is 6. The fourth-order valence-electron chi connectivity index (χ4n) is 0.645. The van der Waals surface area contributed by atoms with Crippen LogP contribution >= 0.6 is 0 Å². The Morgan fingerprint density at radius 2 is 1.87 bits per heavy atom. The number of carbonyl (C=O) groups is 3. The number of primary amides is 1. The van der Waals surface area contributed by atoms with Gasteiger partial charge in [0.05, 0.1) is 6.54 Å². The van der Waals surface area contributed by atoms with Crippen LogP contribution in [0.5, 0.6) is 0 Å². The van der Waals surface area contributed by atoms with Gasteiger partial charge in [0.2, 0.25) is 5.91 Å². The van der Waals surface area contributed by atoms with Crippen molar-refractivity contribution in [1.29, 1.82) is 0 Å². The van der Waals surface area contributed by atoms with Gasteiger partial charge in [-0.3, -0.25) is 9.59 Å². The van der Waals surface area contributed by atoms with E-state index in [2.05, 4.69) is 4.74 Å². The summed E-state index contributed by atoms with van der Waals surface area (Å²) in [5.74, 6) is -2.33. The fourth-order valence-corrected chi connectivity index (χ4v) is 0.645. The van der Waals surface area contributed by atoms with Crippen LogP contribution < -0.4 is 17.2 Å².